The Hall–Kier alpha value is -3.89. The lowest BCUT2D eigenvalue weighted by atomic mass is 10.1. The van der Waals surface area contributed by atoms with Gasteiger partial charge >= 0.3 is 26.3 Å². The van der Waals surface area contributed by atoms with E-state index in [1.165, 1.54) is 30.0 Å². The Morgan fingerprint density at radius 2 is 1.74 bits per heavy atom. The van der Waals surface area contributed by atoms with Crippen molar-refractivity contribution in [1.82, 2.24) is 29.1 Å². The first-order valence-electron chi connectivity index (χ1n) is 15.5. The normalized spacial score (nSPS) is 33.4. The van der Waals surface area contributed by atoms with Gasteiger partial charge in [0.25, 0.3) is 5.56 Å². The molecule has 3 aliphatic rings. The van der Waals surface area contributed by atoms with Crippen molar-refractivity contribution in [3.63, 3.8) is 0 Å². The van der Waals surface area contributed by atoms with Gasteiger partial charge < -0.3 is 24.8 Å². The number of phosphoric ester groups is 1. The Labute approximate surface area is 299 Å². The average Bonchev–Trinajstić information content (AvgIpc) is 3.76. The summed E-state index contributed by atoms with van der Waals surface area (Å²) >= 11 is 0.600. The number of aromatic amines is 1. The van der Waals surface area contributed by atoms with Crippen LogP contribution >= 0.6 is 26.0 Å². The number of nitrogens with one attached hydrogen (secondary N) is 1. The van der Waals surface area contributed by atoms with Gasteiger partial charge in [0.05, 0.1) is 19.5 Å². The molecule has 3 saturated heterocycles. The molecule has 10 atom stereocenters. The number of nitrogens with two attached hydrogens (primary N) is 1. The molecule has 3 fully saturated rings. The van der Waals surface area contributed by atoms with Crippen LogP contribution in [0, 0.1) is 0 Å². The number of nitrogens with zero attached hydrogens (tertiary/aromatic N) is 5. The van der Waals surface area contributed by atoms with E-state index >= 15 is 8.78 Å². The van der Waals surface area contributed by atoms with Crippen molar-refractivity contribution in [2.45, 2.75) is 61.9 Å². The van der Waals surface area contributed by atoms with Crippen molar-refractivity contribution in [1.29, 1.82) is 0 Å². The summed E-state index contributed by atoms with van der Waals surface area (Å²) < 4.78 is 101. The van der Waals surface area contributed by atoms with Crippen molar-refractivity contribution in [3.8, 4) is 5.75 Å². The van der Waals surface area contributed by atoms with Gasteiger partial charge in [0, 0.05) is 24.9 Å². The number of hydrogen-bond donors (Lipinski definition) is 3. The number of aromatic nitrogens is 6. The summed E-state index contributed by atoms with van der Waals surface area (Å²) in [5.74, 6) is -0.399. The zero-order chi connectivity index (χ0) is 37.7. The molecule has 25 heteroatoms. The number of nitrogen functional groups attached to an aromatic ring is 1. The van der Waals surface area contributed by atoms with Crippen molar-refractivity contribution >= 4 is 49.0 Å². The summed E-state index contributed by atoms with van der Waals surface area (Å²) in [5.41, 5.74) is 4.81. The first kappa shape index (κ1) is 37.4. The van der Waals surface area contributed by atoms with Crippen LogP contribution in [0.1, 0.15) is 24.9 Å². The molecular formula is C28H29F2N7O13P2S. The third-order valence-corrected chi connectivity index (χ3v) is 12.8. The smallest absolute Gasteiger partial charge is 0.427 e. The number of ether oxygens (including phenoxy) is 3. The van der Waals surface area contributed by atoms with Gasteiger partial charge in [-0.3, -0.25) is 41.8 Å². The molecule has 3 aliphatic heterocycles. The number of anilines is 1. The van der Waals surface area contributed by atoms with Crippen LogP contribution in [0.2, 0.25) is 0 Å². The molecule has 0 amide bonds. The highest BCUT2D eigenvalue weighted by Crippen LogP contribution is 2.65. The molecular weight excluding hydrogens is 774 g/mol. The molecule has 53 heavy (non-hydrogen) atoms. The Balaban J connectivity index is 1.24. The van der Waals surface area contributed by atoms with Crippen LogP contribution in [-0.2, 0) is 47.2 Å². The number of hydrogen-bond acceptors (Lipinski definition) is 17. The summed E-state index contributed by atoms with van der Waals surface area (Å²) in [5, 5.41) is 0. The van der Waals surface area contributed by atoms with Crippen molar-refractivity contribution < 1.29 is 59.9 Å². The molecule has 2 bridgehead atoms. The number of carbonyl (C=O) groups excluding carboxylic acids is 1. The maximum Gasteiger partial charge on any atom is 0.472 e. The molecule has 2 unspecified atom stereocenters. The van der Waals surface area contributed by atoms with Crippen LogP contribution in [0.15, 0.2) is 58.8 Å². The lowest BCUT2D eigenvalue weighted by molar-refractivity contribution is -0.131. The van der Waals surface area contributed by atoms with E-state index in [4.69, 9.17) is 38.0 Å². The second-order valence-electron chi connectivity index (χ2n) is 11.8. The van der Waals surface area contributed by atoms with Crippen molar-refractivity contribution in [2.24, 2.45) is 0 Å². The SMILES string of the molecule is CC(=O)Oc1ccc(CSP2(=O)OC[C@H]3O[C@@H](n4ccc(=O)[nH]c4=O)[C@H](F)[C@@H]3OP(=O)(O)OC[C@H]3O[C@@H](n4cnc5c(N)ncnc54)[C@H](O2)[C@@H]3F)cc1. The molecule has 0 aliphatic carbocycles. The number of carbonyl (C=O) groups is 1. The van der Waals surface area contributed by atoms with E-state index in [2.05, 4.69) is 15.0 Å². The largest absolute Gasteiger partial charge is 0.472 e. The Morgan fingerprint density at radius 3 is 2.47 bits per heavy atom. The summed E-state index contributed by atoms with van der Waals surface area (Å²) in [4.78, 5) is 60.3. The highest BCUT2D eigenvalue weighted by molar-refractivity contribution is 8.54. The number of rotatable bonds is 6. The van der Waals surface area contributed by atoms with E-state index < -0.39 is 94.3 Å². The van der Waals surface area contributed by atoms with Crippen LogP contribution in [0.3, 0.4) is 0 Å². The number of imidazole rings is 1. The van der Waals surface area contributed by atoms with Gasteiger partial charge in [0.15, 0.2) is 36.3 Å². The molecule has 1 aromatic carbocycles. The van der Waals surface area contributed by atoms with Gasteiger partial charge in [0.2, 0.25) is 0 Å². The van der Waals surface area contributed by atoms with Crippen LogP contribution in [0.25, 0.3) is 11.2 Å². The van der Waals surface area contributed by atoms with E-state index in [9.17, 15) is 28.4 Å². The summed E-state index contributed by atoms with van der Waals surface area (Å²) in [6.07, 6.45) is -11.7. The summed E-state index contributed by atoms with van der Waals surface area (Å²) in [6, 6.07) is 7.03. The number of alkyl halides is 2. The average molecular weight is 804 g/mol. The fourth-order valence-electron chi connectivity index (χ4n) is 5.76. The van der Waals surface area contributed by atoms with E-state index in [-0.39, 0.29) is 28.5 Å². The minimum Gasteiger partial charge on any atom is -0.427 e. The molecule has 0 radical (unpaired) electrons. The van der Waals surface area contributed by atoms with Gasteiger partial charge in [-0.2, -0.15) is 0 Å². The molecule has 4 N–H and O–H groups in total. The quantitative estimate of drug-likeness (QED) is 0.143. The molecule has 6 heterocycles. The van der Waals surface area contributed by atoms with Crippen LogP contribution in [-0.4, -0.2) is 89.9 Å². The van der Waals surface area contributed by atoms with E-state index in [1.54, 1.807) is 12.1 Å². The molecule has 20 nitrogen and oxygen atoms in total. The van der Waals surface area contributed by atoms with Gasteiger partial charge in [-0.15, -0.1) is 0 Å². The minimum absolute atomic E-state index is 0.00889. The van der Waals surface area contributed by atoms with Crippen LogP contribution < -0.4 is 21.7 Å². The first-order chi connectivity index (χ1) is 25.2. The molecule has 3 aromatic heterocycles. The second-order valence-corrected chi connectivity index (χ2v) is 17.2. The van der Waals surface area contributed by atoms with E-state index in [0.29, 0.717) is 21.5 Å². The monoisotopic (exact) mass is 803 g/mol. The third kappa shape index (κ3) is 7.86. The highest BCUT2D eigenvalue weighted by Gasteiger charge is 2.55. The zero-order valence-electron chi connectivity index (χ0n) is 27.1. The van der Waals surface area contributed by atoms with Gasteiger partial charge in [-0.05, 0) is 29.1 Å². The number of fused-ring (bicyclic) bond motifs is 4. The topological polar surface area (TPSA) is 261 Å². The standard InChI is InChI=1S/C28H29F2N7O13P2S/c1-13(38)46-15-4-2-14(3-5-15)10-53-52(43)45-9-17-22(20(30)26(48-17)36-7-6-18(39)35-28(36)40)49-51(41,42)44-8-16-19(29)23(50-52)27(47-16)37-12-34-21-24(31)32-11-33-25(21)37/h2-7,11-12,16-17,19-20,22-23,26-27H,8-10H2,1H3,(H,41,42)(H2,31,32,33)(H,35,39,40)/t16-,17-,19-,20-,22-,23-,26-,27-,52?/m1/s1. The molecule has 4 aromatic rings. The van der Waals surface area contributed by atoms with E-state index in [0.717, 1.165) is 18.6 Å². The zero-order valence-corrected chi connectivity index (χ0v) is 29.7. The number of benzene rings is 1. The molecule has 0 spiro atoms. The number of H-pyrrole nitrogens is 1. The Morgan fingerprint density at radius 1 is 1.00 bits per heavy atom. The predicted octanol–water partition coefficient (Wildman–Crippen LogP) is 2.31. The fourth-order valence-corrected chi connectivity index (χ4v) is 10.1. The predicted molar refractivity (Wildman–Crippen MR) is 177 cm³/mol. The maximum absolute atomic E-state index is 16.3. The van der Waals surface area contributed by atoms with Crippen LogP contribution in [0.4, 0.5) is 14.6 Å². The van der Waals surface area contributed by atoms with Gasteiger partial charge in [0.1, 0.15) is 42.0 Å². The molecule has 0 saturated carbocycles. The lowest BCUT2D eigenvalue weighted by Gasteiger charge is -2.27. The van der Waals surface area contributed by atoms with Gasteiger partial charge in [-0.25, -0.2) is 37.7 Å². The van der Waals surface area contributed by atoms with E-state index in [1.807, 2.05) is 4.98 Å². The first-order valence-corrected chi connectivity index (χ1v) is 20.2. The number of esters is 1. The summed E-state index contributed by atoms with van der Waals surface area (Å²) in [7, 11) is -5.25. The maximum atomic E-state index is 16.3. The molecule has 284 valence electrons. The second kappa shape index (κ2) is 14.7. The summed E-state index contributed by atoms with van der Waals surface area (Å²) in [6.45, 7) is -5.18. The lowest BCUT2D eigenvalue weighted by Crippen LogP contribution is -2.36. The van der Waals surface area contributed by atoms with Crippen molar-refractivity contribution in [3.05, 3.63) is 75.6 Å². The number of phosphoric acid groups is 1. The number of halogens is 2. The van der Waals surface area contributed by atoms with Gasteiger partial charge in [-0.1, -0.05) is 12.1 Å². The molecule has 7 rings (SSSR count). The van der Waals surface area contributed by atoms with Crippen molar-refractivity contribution in [2.75, 3.05) is 18.9 Å². The Kier molecular flexibility index (Phi) is 10.4. The Bertz CT molecular complexity index is 2230. The minimum atomic E-state index is -5.25. The fraction of sp³-hybridized carbons (Fsp3) is 0.429. The highest BCUT2D eigenvalue weighted by atomic mass is 32.7. The van der Waals surface area contributed by atoms with Crippen LogP contribution in [0.5, 0.6) is 5.75 Å². The third-order valence-electron chi connectivity index (χ3n) is 8.20.